The number of methoxy groups -OCH3 is 3. The van der Waals surface area contributed by atoms with Crippen LogP contribution in [0.15, 0.2) is 0 Å². The van der Waals surface area contributed by atoms with Crippen molar-refractivity contribution >= 4 is 53.2 Å². The van der Waals surface area contributed by atoms with Crippen LogP contribution in [0.5, 0.6) is 0 Å². The second-order valence-electron chi connectivity index (χ2n) is 7.67. The minimum Gasteiger partial charge on any atom is -0.469 e. The number of hydrogen-bond donors (Lipinski definition) is 0. The zero-order valence-corrected chi connectivity index (χ0v) is 21.8. The smallest absolute Gasteiger partial charge is 0.309 e. The number of carbonyl (C=O) groups is 3. The number of ether oxygens (including phenoxy) is 3. The van der Waals surface area contributed by atoms with Gasteiger partial charge in [-0.05, 0) is 11.8 Å². The van der Waals surface area contributed by atoms with Gasteiger partial charge in [-0.25, -0.2) is 0 Å². The molecule has 3 atom stereocenters. The maximum absolute atomic E-state index is 11.7. The minimum absolute atomic E-state index is 0.0432. The highest BCUT2D eigenvalue weighted by Gasteiger charge is 2.30. The van der Waals surface area contributed by atoms with Crippen molar-refractivity contribution in [2.24, 2.45) is 23.2 Å². The molecule has 0 aliphatic carbocycles. The summed E-state index contributed by atoms with van der Waals surface area (Å²) in [4.78, 5) is 35.1. The van der Waals surface area contributed by atoms with E-state index >= 15 is 0 Å². The molecule has 0 aliphatic heterocycles. The third-order valence-electron chi connectivity index (χ3n) is 4.89. The van der Waals surface area contributed by atoms with Gasteiger partial charge in [-0.3, -0.25) is 14.4 Å². The second-order valence-corrected chi connectivity index (χ2v) is 10.8. The first-order valence-corrected chi connectivity index (χ1v) is 13.6. The lowest BCUT2D eigenvalue weighted by Gasteiger charge is -2.33. The van der Waals surface area contributed by atoms with Gasteiger partial charge >= 0.3 is 17.9 Å². The van der Waals surface area contributed by atoms with E-state index in [0.717, 1.165) is 23.7 Å². The highest BCUT2D eigenvalue weighted by atomic mass is 32.2. The normalized spacial score (nSPS) is 16.1. The fourth-order valence-corrected chi connectivity index (χ4v) is 7.33. The fourth-order valence-electron chi connectivity index (χ4n) is 2.60. The lowest BCUT2D eigenvalue weighted by Crippen LogP contribution is -2.31. The topological polar surface area (TPSA) is 78.9 Å². The Bertz CT molecular complexity index is 460. The van der Waals surface area contributed by atoms with E-state index in [1.165, 1.54) is 21.3 Å². The Morgan fingerprint density at radius 3 is 1.13 bits per heavy atom. The molecular formula is C21H38O6S3. The van der Waals surface area contributed by atoms with Crippen molar-refractivity contribution in [2.45, 2.75) is 34.1 Å². The summed E-state index contributed by atoms with van der Waals surface area (Å²) in [6, 6.07) is 0. The Morgan fingerprint density at radius 1 is 0.667 bits per heavy atom. The standard InChI is InChI=1S/C21H38O6S3/c1-8-21(12-28-9-15(2)18(22)25-5,13-29-10-16(3)19(23)26-6)14-30-11-17(4)20(24)27-7/h15-17H,8-14H2,1-7H3. The van der Waals surface area contributed by atoms with E-state index in [-0.39, 0.29) is 41.1 Å². The summed E-state index contributed by atoms with van der Waals surface area (Å²) in [6.45, 7) is 7.82. The van der Waals surface area contributed by atoms with Gasteiger partial charge < -0.3 is 14.2 Å². The summed E-state index contributed by atoms with van der Waals surface area (Å²) in [5.41, 5.74) is 0.0432. The van der Waals surface area contributed by atoms with Crippen LogP contribution in [0.25, 0.3) is 0 Å². The van der Waals surface area contributed by atoms with E-state index in [2.05, 4.69) is 6.92 Å². The van der Waals surface area contributed by atoms with Crippen molar-refractivity contribution in [3.05, 3.63) is 0 Å². The third-order valence-corrected chi connectivity index (χ3v) is 9.55. The molecule has 0 heterocycles. The van der Waals surface area contributed by atoms with E-state index in [1.807, 2.05) is 20.8 Å². The molecule has 6 nitrogen and oxygen atoms in total. The minimum atomic E-state index is -0.188. The molecule has 3 unspecified atom stereocenters. The van der Waals surface area contributed by atoms with Crippen LogP contribution >= 0.6 is 35.3 Å². The molecule has 0 saturated heterocycles. The van der Waals surface area contributed by atoms with Crippen molar-refractivity contribution in [1.29, 1.82) is 0 Å². The van der Waals surface area contributed by atoms with Crippen molar-refractivity contribution in [3.63, 3.8) is 0 Å². The Morgan fingerprint density at radius 2 is 0.933 bits per heavy atom. The number of rotatable bonds is 16. The Kier molecular flexibility index (Phi) is 15.9. The predicted molar refractivity (Wildman–Crippen MR) is 128 cm³/mol. The second kappa shape index (κ2) is 16.1. The molecule has 0 bridgehead atoms. The molecule has 0 radical (unpaired) electrons. The van der Waals surface area contributed by atoms with Crippen LogP contribution in [0.1, 0.15) is 34.1 Å². The van der Waals surface area contributed by atoms with Gasteiger partial charge in [-0.2, -0.15) is 35.3 Å². The maximum Gasteiger partial charge on any atom is 0.309 e. The van der Waals surface area contributed by atoms with E-state index in [9.17, 15) is 14.4 Å². The molecule has 0 aromatic carbocycles. The van der Waals surface area contributed by atoms with E-state index in [0.29, 0.717) is 17.3 Å². The largest absolute Gasteiger partial charge is 0.469 e. The zero-order chi connectivity index (χ0) is 23.2. The number of thioether (sulfide) groups is 3. The molecule has 30 heavy (non-hydrogen) atoms. The monoisotopic (exact) mass is 482 g/mol. The van der Waals surface area contributed by atoms with Crippen LogP contribution in [0.3, 0.4) is 0 Å². The molecule has 0 aliphatic rings. The maximum atomic E-state index is 11.7. The van der Waals surface area contributed by atoms with Gasteiger partial charge in [0.15, 0.2) is 0 Å². The van der Waals surface area contributed by atoms with E-state index in [1.54, 1.807) is 35.3 Å². The van der Waals surface area contributed by atoms with Gasteiger partial charge in [0.25, 0.3) is 0 Å². The highest BCUT2D eigenvalue weighted by molar-refractivity contribution is 8.01. The number of esters is 3. The molecule has 0 N–H and O–H groups in total. The van der Waals surface area contributed by atoms with Gasteiger partial charge in [-0.1, -0.05) is 27.7 Å². The van der Waals surface area contributed by atoms with Gasteiger partial charge in [0.1, 0.15) is 0 Å². The predicted octanol–water partition coefficient (Wildman–Crippen LogP) is 4.01. The van der Waals surface area contributed by atoms with E-state index in [4.69, 9.17) is 14.2 Å². The molecule has 0 rings (SSSR count). The number of carbonyl (C=O) groups excluding carboxylic acids is 3. The molecule has 0 aromatic heterocycles. The number of hydrogen-bond acceptors (Lipinski definition) is 9. The quantitative estimate of drug-likeness (QED) is 0.239. The SMILES string of the molecule is CCC(CSCC(C)C(=O)OC)(CSCC(C)C(=O)OC)CSCC(C)C(=O)OC. The summed E-state index contributed by atoms with van der Waals surface area (Å²) >= 11 is 5.30. The molecular weight excluding hydrogens is 444 g/mol. The Balaban J connectivity index is 4.93. The van der Waals surface area contributed by atoms with Crippen molar-refractivity contribution in [3.8, 4) is 0 Å². The molecule has 9 heteroatoms. The highest BCUT2D eigenvalue weighted by Crippen LogP contribution is 2.36. The molecule has 0 amide bonds. The molecule has 0 spiro atoms. The lowest BCUT2D eigenvalue weighted by molar-refractivity contribution is -0.144. The first kappa shape index (κ1) is 29.5. The lowest BCUT2D eigenvalue weighted by atomic mass is 9.92. The van der Waals surface area contributed by atoms with Gasteiger partial charge in [0, 0.05) is 34.5 Å². The van der Waals surface area contributed by atoms with Gasteiger partial charge in [0.2, 0.25) is 0 Å². The van der Waals surface area contributed by atoms with Gasteiger partial charge in [0.05, 0.1) is 39.1 Å². The summed E-state index contributed by atoms with van der Waals surface area (Å²) in [5, 5.41) is 0. The zero-order valence-electron chi connectivity index (χ0n) is 19.4. The summed E-state index contributed by atoms with van der Waals surface area (Å²) < 4.78 is 14.5. The molecule has 176 valence electrons. The van der Waals surface area contributed by atoms with Crippen molar-refractivity contribution in [2.75, 3.05) is 55.8 Å². The van der Waals surface area contributed by atoms with Crippen LogP contribution in [0, 0.1) is 23.2 Å². The average Bonchev–Trinajstić information content (AvgIpc) is 2.76. The average molecular weight is 483 g/mol. The fraction of sp³-hybridized carbons (Fsp3) is 0.857. The Hall–Kier alpha value is -0.540. The summed E-state index contributed by atoms with van der Waals surface area (Å²) in [5.74, 6) is 3.85. The van der Waals surface area contributed by atoms with Crippen LogP contribution in [-0.4, -0.2) is 73.8 Å². The van der Waals surface area contributed by atoms with Crippen molar-refractivity contribution in [1.82, 2.24) is 0 Å². The molecule has 0 saturated carbocycles. The molecule has 0 aromatic rings. The third kappa shape index (κ3) is 11.2. The van der Waals surface area contributed by atoms with Crippen LogP contribution in [0.2, 0.25) is 0 Å². The summed E-state index contributed by atoms with van der Waals surface area (Å²) in [6.07, 6.45) is 0.978. The van der Waals surface area contributed by atoms with Crippen LogP contribution < -0.4 is 0 Å². The van der Waals surface area contributed by atoms with E-state index < -0.39 is 0 Å². The Labute approximate surface area is 194 Å². The van der Waals surface area contributed by atoms with Gasteiger partial charge in [-0.15, -0.1) is 0 Å². The first-order chi connectivity index (χ1) is 14.2. The summed E-state index contributed by atoms with van der Waals surface area (Å²) in [7, 11) is 4.24. The van der Waals surface area contributed by atoms with Crippen LogP contribution in [-0.2, 0) is 28.6 Å². The van der Waals surface area contributed by atoms with Crippen molar-refractivity contribution < 1.29 is 28.6 Å². The van der Waals surface area contributed by atoms with Crippen LogP contribution in [0.4, 0.5) is 0 Å². The molecule has 0 fully saturated rings. The first-order valence-electron chi connectivity index (χ1n) is 10.1.